The van der Waals surface area contributed by atoms with Crippen LogP contribution in [0.2, 0.25) is 0 Å². The summed E-state index contributed by atoms with van der Waals surface area (Å²) in [6.45, 7) is 8.20. The molecule has 2 aliphatic rings. The Morgan fingerprint density at radius 2 is 2.00 bits per heavy atom. The summed E-state index contributed by atoms with van der Waals surface area (Å²) in [5.41, 5.74) is 3.20. The number of ketones is 1. The van der Waals surface area contributed by atoms with Crippen molar-refractivity contribution in [2.75, 3.05) is 13.2 Å². The van der Waals surface area contributed by atoms with E-state index in [0.717, 1.165) is 49.1 Å². The first-order valence-electron chi connectivity index (χ1n) is 10.3. The smallest absolute Gasteiger partial charge is 0.258 e. The van der Waals surface area contributed by atoms with Crippen molar-refractivity contribution in [3.63, 3.8) is 0 Å². The van der Waals surface area contributed by atoms with Crippen molar-refractivity contribution in [3.8, 4) is 5.75 Å². The maximum atomic E-state index is 13.3. The molecule has 1 aliphatic carbocycles. The monoisotopic (exact) mass is 391 g/mol. The Balaban J connectivity index is 1.78. The number of unbranched alkanes of at least 4 members (excludes halogenated alkanes) is 2. The maximum absolute atomic E-state index is 13.3. The summed E-state index contributed by atoms with van der Waals surface area (Å²) in [5, 5.41) is 0. The van der Waals surface area contributed by atoms with E-state index in [1.807, 2.05) is 35.2 Å². The predicted octanol–water partition coefficient (Wildman–Crippen LogP) is 5.09. The van der Waals surface area contributed by atoms with Crippen LogP contribution in [0.1, 0.15) is 45.1 Å². The fourth-order valence-corrected chi connectivity index (χ4v) is 3.59. The molecule has 0 aromatic heterocycles. The van der Waals surface area contributed by atoms with Crippen LogP contribution in [0.3, 0.4) is 0 Å². The van der Waals surface area contributed by atoms with Crippen molar-refractivity contribution >= 4 is 17.3 Å². The third kappa shape index (κ3) is 4.94. The van der Waals surface area contributed by atoms with Crippen LogP contribution in [0.4, 0.5) is 0 Å². The molecule has 1 aromatic carbocycles. The average molecular weight is 392 g/mol. The zero-order valence-electron chi connectivity index (χ0n) is 17.3. The van der Waals surface area contributed by atoms with Crippen molar-refractivity contribution in [2.24, 2.45) is 5.92 Å². The van der Waals surface area contributed by atoms with Gasteiger partial charge in [0.1, 0.15) is 5.75 Å². The lowest BCUT2D eigenvalue weighted by atomic mass is 9.87. The van der Waals surface area contributed by atoms with Gasteiger partial charge < -0.3 is 9.64 Å². The summed E-state index contributed by atoms with van der Waals surface area (Å²) in [7, 11) is 0. The molecule has 29 heavy (non-hydrogen) atoms. The highest BCUT2D eigenvalue weighted by Crippen LogP contribution is 2.36. The molecule has 1 amide bonds. The highest BCUT2D eigenvalue weighted by molar-refractivity contribution is 6.21. The van der Waals surface area contributed by atoms with Crippen molar-refractivity contribution in [1.82, 2.24) is 4.90 Å². The molecule has 1 aromatic rings. The number of carbonyl (C=O) groups excluding carboxylic acids is 2. The summed E-state index contributed by atoms with van der Waals surface area (Å²) < 4.78 is 5.53. The summed E-state index contributed by atoms with van der Waals surface area (Å²) >= 11 is 0. The van der Waals surface area contributed by atoms with E-state index in [0.29, 0.717) is 11.3 Å². The fraction of sp³-hybridized carbons (Fsp3) is 0.360. The Kier molecular flexibility index (Phi) is 6.86. The van der Waals surface area contributed by atoms with Gasteiger partial charge in [0.2, 0.25) is 0 Å². The lowest BCUT2D eigenvalue weighted by Crippen LogP contribution is -2.38. The molecule has 4 nitrogen and oxygen atoms in total. The van der Waals surface area contributed by atoms with Crippen LogP contribution in [0.5, 0.6) is 5.75 Å². The minimum absolute atomic E-state index is 0.0237. The Bertz CT molecular complexity index is 874. The van der Waals surface area contributed by atoms with Gasteiger partial charge in [0.15, 0.2) is 12.4 Å². The van der Waals surface area contributed by atoms with Crippen LogP contribution in [-0.2, 0) is 9.59 Å². The largest absolute Gasteiger partial charge is 0.485 e. The lowest BCUT2D eigenvalue weighted by Gasteiger charge is -2.36. The molecule has 1 heterocycles. The van der Waals surface area contributed by atoms with Gasteiger partial charge in [0.25, 0.3) is 5.91 Å². The summed E-state index contributed by atoms with van der Waals surface area (Å²) in [5.74, 6) is 0.781. The second-order valence-electron chi connectivity index (χ2n) is 7.62. The third-order valence-corrected chi connectivity index (χ3v) is 5.32. The second kappa shape index (κ2) is 9.55. The predicted molar refractivity (Wildman–Crippen MR) is 116 cm³/mol. The molecule has 0 N–H and O–H groups in total. The van der Waals surface area contributed by atoms with Crippen molar-refractivity contribution in [3.05, 3.63) is 72.0 Å². The normalized spacial score (nSPS) is 18.1. The van der Waals surface area contributed by atoms with Gasteiger partial charge in [-0.3, -0.25) is 9.59 Å². The maximum Gasteiger partial charge on any atom is 0.258 e. The van der Waals surface area contributed by atoms with Crippen molar-refractivity contribution in [2.45, 2.75) is 39.5 Å². The second-order valence-corrected chi connectivity index (χ2v) is 7.62. The van der Waals surface area contributed by atoms with E-state index in [4.69, 9.17) is 4.74 Å². The number of fused-ring (bicyclic) bond motifs is 1. The Labute approximate surface area is 173 Å². The molecule has 4 heteroatoms. The zero-order chi connectivity index (χ0) is 20.8. The summed E-state index contributed by atoms with van der Waals surface area (Å²) in [4.78, 5) is 26.9. The van der Waals surface area contributed by atoms with Crippen LogP contribution in [0, 0.1) is 5.92 Å². The number of ether oxygens (including phenoxy) is 1. The minimum Gasteiger partial charge on any atom is -0.485 e. The van der Waals surface area contributed by atoms with Crippen LogP contribution >= 0.6 is 0 Å². The molecule has 0 spiro atoms. The van der Waals surface area contributed by atoms with Gasteiger partial charge in [0.05, 0.1) is 0 Å². The molecule has 0 radical (unpaired) electrons. The quantitative estimate of drug-likeness (QED) is 0.435. The number of rotatable bonds is 9. The molecule has 0 bridgehead atoms. The highest BCUT2D eigenvalue weighted by Gasteiger charge is 2.32. The molecular formula is C25H29NO3. The molecule has 0 fully saturated rings. The van der Waals surface area contributed by atoms with Crippen molar-refractivity contribution < 1.29 is 14.3 Å². The van der Waals surface area contributed by atoms with E-state index in [-0.39, 0.29) is 24.2 Å². The fourth-order valence-electron chi connectivity index (χ4n) is 3.59. The molecular weight excluding hydrogens is 362 g/mol. The first-order chi connectivity index (χ1) is 14.0. The SMILES string of the molecule is C=C(C)C(=O)COc1ccc(C2=CC3CC=CC=C3N(CCCCC)C2=O)cc1. The molecule has 1 atom stereocenters. The van der Waals surface area contributed by atoms with Crippen molar-refractivity contribution in [1.29, 1.82) is 0 Å². The first-order valence-corrected chi connectivity index (χ1v) is 10.3. The lowest BCUT2D eigenvalue weighted by molar-refractivity contribution is -0.124. The number of carbonyl (C=O) groups is 2. The van der Waals surface area contributed by atoms with E-state index in [2.05, 4.69) is 31.7 Å². The summed E-state index contributed by atoms with van der Waals surface area (Å²) in [6.07, 6.45) is 12.5. The topological polar surface area (TPSA) is 46.6 Å². The molecule has 152 valence electrons. The molecule has 3 rings (SSSR count). The average Bonchev–Trinajstić information content (AvgIpc) is 2.73. The molecule has 1 aliphatic heterocycles. The number of hydrogen-bond acceptors (Lipinski definition) is 3. The van der Waals surface area contributed by atoms with Crippen LogP contribution < -0.4 is 4.74 Å². The van der Waals surface area contributed by atoms with Gasteiger partial charge in [-0.1, -0.05) is 56.7 Å². The Morgan fingerprint density at radius 3 is 2.69 bits per heavy atom. The standard InChI is InChI=1S/C25H29NO3/c1-4-5-8-15-26-23-10-7-6-9-20(23)16-22(25(26)28)19-11-13-21(14-12-19)29-17-24(27)18(2)3/h6-7,10-14,16,20H,2,4-5,8-9,15,17H2,1,3H3. The third-order valence-electron chi connectivity index (χ3n) is 5.32. The molecule has 0 saturated heterocycles. The van der Waals surface area contributed by atoms with Gasteiger partial charge in [-0.2, -0.15) is 0 Å². The van der Waals surface area contributed by atoms with Gasteiger partial charge in [-0.15, -0.1) is 0 Å². The Hall–Kier alpha value is -2.88. The number of hydrogen-bond donors (Lipinski definition) is 0. The number of amides is 1. The van der Waals surface area contributed by atoms with Crippen LogP contribution in [-0.4, -0.2) is 29.7 Å². The van der Waals surface area contributed by atoms with E-state index in [1.165, 1.54) is 0 Å². The van der Waals surface area contributed by atoms with Gasteiger partial charge in [-0.25, -0.2) is 0 Å². The number of nitrogens with zero attached hydrogens (tertiary/aromatic N) is 1. The Morgan fingerprint density at radius 1 is 1.24 bits per heavy atom. The van der Waals surface area contributed by atoms with Gasteiger partial charge in [0, 0.05) is 23.7 Å². The molecule has 1 unspecified atom stereocenters. The summed E-state index contributed by atoms with van der Waals surface area (Å²) in [6, 6.07) is 7.40. The van der Waals surface area contributed by atoms with Crippen LogP contribution in [0.15, 0.2) is 66.4 Å². The zero-order valence-corrected chi connectivity index (χ0v) is 17.3. The van der Waals surface area contributed by atoms with E-state index in [1.54, 1.807) is 6.92 Å². The first kappa shape index (κ1) is 20.8. The van der Waals surface area contributed by atoms with E-state index in [9.17, 15) is 9.59 Å². The van der Waals surface area contributed by atoms with E-state index >= 15 is 0 Å². The number of Topliss-reactive ketones (excluding diaryl/α,β-unsaturated/α-hetero) is 1. The number of allylic oxidation sites excluding steroid dienone is 4. The molecule has 0 saturated carbocycles. The van der Waals surface area contributed by atoms with Gasteiger partial charge >= 0.3 is 0 Å². The highest BCUT2D eigenvalue weighted by atomic mass is 16.5. The minimum atomic E-state index is -0.119. The van der Waals surface area contributed by atoms with Crippen LogP contribution in [0.25, 0.3) is 5.57 Å². The van der Waals surface area contributed by atoms with Gasteiger partial charge in [-0.05, 0) is 49.1 Å². The van der Waals surface area contributed by atoms with E-state index < -0.39 is 0 Å². The number of benzene rings is 1.